The largest absolute Gasteiger partial charge is 0.476 e. The second-order valence-corrected chi connectivity index (χ2v) is 5.04. The predicted molar refractivity (Wildman–Crippen MR) is 81.9 cm³/mol. The van der Waals surface area contributed by atoms with Gasteiger partial charge in [0.1, 0.15) is 6.54 Å². The van der Waals surface area contributed by atoms with Gasteiger partial charge in [-0.15, -0.1) is 0 Å². The van der Waals surface area contributed by atoms with E-state index in [1.165, 1.54) is 5.56 Å². The SMILES string of the molecule is CC[n+]1c(-c2ccccc2)oc(O)c1-c1ccc(C)cc1. The van der Waals surface area contributed by atoms with Crippen LogP contribution in [0.25, 0.3) is 22.7 Å². The number of aromatic nitrogens is 1. The zero-order valence-corrected chi connectivity index (χ0v) is 12.2. The fraction of sp³-hybridized carbons (Fsp3) is 0.167. The van der Waals surface area contributed by atoms with Crippen molar-refractivity contribution in [1.29, 1.82) is 0 Å². The lowest BCUT2D eigenvalue weighted by atomic mass is 10.1. The van der Waals surface area contributed by atoms with E-state index in [0.29, 0.717) is 5.89 Å². The molecule has 3 aromatic rings. The maximum Gasteiger partial charge on any atom is 0.384 e. The van der Waals surface area contributed by atoms with Gasteiger partial charge in [-0.2, -0.15) is 4.57 Å². The molecule has 0 fully saturated rings. The molecule has 0 radical (unpaired) electrons. The van der Waals surface area contributed by atoms with E-state index >= 15 is 0 Å². The summed E-state index contributed by atoms with van der Waals surface area (Å²) in [6.45, 7) is 4.80. The molecule has 0 spiro atoms. The van der Waals surface area contributed by atoms with Gasteiger partial charge in [-0.3, -0.25) is 0 Å². The van der Waals surface area contributed by atoms with Gasteiger partial charge in [-0.05, 0) is 38.1 Å². The van der Waals surface area contributed by atoms with Crippen LogP contribution in [-0.4, -0.2) is 5.11 Å². The fourth-order valence-electron chi connectivity index (χ4n) is 2.50. The van der Waals surface area contributed by atoms with Crippen LogP contribution in [0.5, 0.6) is 5.95 Å². The molecule has 3 nitrogen and oxygen atoms in total. The third-order valence-corrected chi connectivity index (χ3v) is 3.57. The van der Waals surface area contributed by atoms with Crippen LogP contribution < -0.4 is 4.57 Å². The van der Waals surface area contributed by atoms with Crippen LogP contribution in [-0.2, 0) is 6.54 Å². The van der Waals surface area contributed by atoms with Gasteiger partial charge in [-0.1, -0.05) is 35.9 Å². The zero-order valence-electron chi connectivity index (χ0n) is 12.2. The number of aromatic hydroxyl groups is 1. The Morgan fingerprint density at radius 1 is 0.952 bits per heavy atom. The summed E-state index contributed by atoms with van der Waals surface area (Å²) < 4.78 is 7.62. The predicted octanol–water partition coefficient (Wildman–Crippen LogP) is 3.94. The highest BCUT2D eigenvalue weighted by molar-refractivity contribution is 5.63. The highest BCUT2D eigenvalue weighted by atomic mass is 16.5. The number of nitrogens with zero attached hydrogens (tertiary/aromatic N) is 1. The molecule has 21 heavy (non-hydrogen) atoms. The summed E-state index contributed by atoms with van der Waals surface area (Å²) in [5.74, 6) is 0.630. The maximum absolute atomic E-state index is 10.2. The highest BCUT2D eigenvalue weighted by Crippen LogP contribution is 2.32. The van der Waals surface area contributed by atoms with E-state index < -0.39 is 0 Å². The topological polar surface area (TPSA) is 37.2 Å². The van der Waals surface area contributed by atoms with Gasteiger partial charge in [0.15, 0.2) is 0 Å². The number of hydrogen-bond donors (Lipinski definition) is 1. The Hall–Kier alpha value is -2.55. The zero-order chi connectivity index (χ0) is 14.8. The van der Waals surface area contributed by atoms with Crippen LogP contribution in [0.4, 0.5) is 0 Å². The number of benzene rings is 2. The van der Waals surface area contributed by atoms with E-state index in [-0.39, 0.29) is 5.95 Å². The third kappa shape index (κ3) is 2.42. The maximum atomic E-state index is 10.2. The van der Waals surface area contributed by atoms with E-state index in [0.717, 1.165) is 23.4 Å². The van der Waals surface area contributed by atoms with Crippen molar-refractivity contribution >= 4 is 0 Å². The standard InChI is InChI=1S/C18H17NO2/c1-3-19-16(14-11-9-13(2)10-12-14)18(20)21-17(19)15-7-5-4-6-8-15/h4-12H,3H2,1-2H3/p+1. The first-order valence-electron chi connectivity index (χ1n) is 7.08. The second kappa shape index (κ2) is 5.44. The Labute approximate surface area is 124 Å². The molecular formula is C18H18NO2+. The Kier molecular flexibility index (Phi) is 3.48. The second-order valence-electron chi connectivity index (χ2n) is 5.04. The minimum atomic E-state index is -0.0421. The lowest BCUT2D eigenvalue weighted by Crippen LogP contribution is -2.34. The van der Waals surface area contributed by atoms with E-state index in [1.807, 2.05) is 73.0 Å². The Morgan fingerprint density at radius 3 is 2.24 bits per heavy atom. The molecule has 3 rings (SSSR count). The van der Waals surface area contributed by atoms with E-state index in [9.17, 15) is 5.11 Å². The smallest absolute Gasteiger partial charge is 0.384 e. The molecule has 0 amide bonds. The monoisotopic (exact) mass is 280 g/mol. The van der Waals surface area contributed by atoms with Gasteiger partial charge in [0.2, 0.25) is 0 Å². The third-order valence-electron chi connectivity index (χ3n) is 3.57. The van der Waals surface area contributed by atoms with Crippen LogP contribution in [0, 0.1) is 6.92 Å². The van der Waals surface area contributed by atoms with Crippen molar-refractivity contribution in [3.05, 3.63) is 60.2 Å². The first-order chi connectivity index (χ1) is 10.2. The summed E-state index contributed by atoms with van der Waals surface area (Å²) >= 11 is 0. The van der Waals surface area contributed by atoms with Gasteiger partial charge in [0.25, 0.3) is 5.69 Å². The molecule has 106 valence electrons. The molecule has 1 heterocycles. The lowest BCUT2D eigenvalue weighted by Gasteiger charge is -1.99. The number of rotatable bonds is 3. The van der Waals surface area contributed by atoms with Crippen molar-refractivity contribution in [1.82, 2.24) is 0 Å². The molecule has 0 unspecified atom stereocenters. The first-order valence-corrected chi connectivity index (χ1v) is 7.08. The molecule has 1 aromatic heterocycles. The summed E-state index contributed by atoms with van der Waals surface area (Å²) in [4.78, 5) is 0. The molecule has 0 aliphatic heterocycles. The number of aryl methyl sites for hydroxylation is 1. The summed E-state index contributed by atoms with van der Waals surface area (Å²) in [6, 6.07) is 17.9. The Balaban J connectivity index is 2.18. The van der Waals surface area contributed by atoms with Crippen LogP contribution in [0.2, 0.25) is 0 Å². The van der Waals surface area contributed by atoms with Gasteiger partial charge >= 0.3 is 11.8 Å². The molecule has 0 saturated heterocycles. The molecule has 0 atom stereocenters. The minimum Gasteiger partial charge on any atom is -0.476 e. The first kappa shape index (κ1) is 13.4. The Bertz CT molecular complexity index is 743. The van der Waals surface area contributed by atoms with E-state index in [2.05, 4.69) is 0 Å². The van der Waals surface area contributed by atoms with Crippen molar-refractivity contribution in [3.63, 3.8) is 0 Å². The van der Waals surface area contributed by atoms with Crippen molar-refractivity contribution < 1.29 is 14.1 Å². The molecule has 0 aliphatic carbocycles. The van der Waals surface area contributed by atoms with Crippen LogP contribution in [0.1, 0.15) is 12.5 Å². The van der Waals surface area contributed by atoms with Gasteiger partial charge < -0.3 is 9.52 Å². The number of hydrogen-bond acceptors (Lipinski definition) is 2. The fourth-order valence-corrected chi connectivity index (χ4v) is 2.50. The van der Waals surface area contributed by atoms with Crippen molar-refractivity contribution in [2.45, 2.75) is 20.4 Å². The van der Waals surface area contributed by atoms with E-state index in [1.54, 1.807) is 0 Å². The normalized spacial score (nSPS) is 10.8. The van der Waals surface area contributed by atoms with Gasteiger partial charge in [0.05, 0.1) is 11.1 Å². The molecule has 0 bridgehead atoms. The Morgan fingerprint density at radius 2 is 1.62 bits per heavy atom. The molecule has 1 N–H and O–H groups in total. The van der Waals surface area contributed by atoms with Gasteiger partial charge in [0, 0.05) is 0 Å². The summed E-state index contributed by atoms with van der Waals surface area (Å²) in [6.07, 6.45) is 0. The molecular weight excluding hydrogens is 262 g/mol. The summed E-state index contributed by atoms with van der Waals surface area (Å²) in [5, 5.41) is 10.2. The summed E-state index contributed by atoms with van der Waals surface area (Å²) in [7, 11) is 0. The quantitative estimate of drug-likeness (QED) is 0.738. The molecule has 2 aromatic carbocycles. The van der Waals surface area contributed by atoms with E-state index in [4.69, 9.17) is 4.42 Å². The average Bonchev–Trinajstić information content (AvgIpc) is 2.85. The average molecular weight is 280 g/mol. The van der Waals surface area contributed by atoms with Crippen molar-refractivity contribution in [2.24, 2.45) is 0 Å². The molecule has 0 aliphatic rings. The van der Waals surface area contributed by atoms with Crippen LogP contribution >= 0.6 is 0 Å². The molecule has 0 saturated carbocycles. The van der Waals surface area contributed by atoms with Crippen LogP contribution in [0.3, 0.4) is 0 Å². The molecule has 3 heteroatoms. The van der Waals surface area contributed by atoms with Crippen molar-refractivity contribution in [3.8, 4) is 28.7 Å². The lowest BCUT2D eigenvalue weighted by molar-refractivity contribution is -0.674. The minimum absolute atomic E-state index is 0.0421. The van der Waals surface area contributed by atoms with Crippen molar-refractivity contribution in [2.75, 3.05) is 0 Å². The number of oxazole rings is 1. The van der Waals surface area contributed by atoms with Gasteiger partial charge in [-0.25, -0.2) is 0 Å². The highest BCUT2D eigenvalue weighted by Gasteiger charge is 2.29. The van der Waals surface area contributed by atoms with Crippen LogP contribution in [0.15, 0.2) is 59.0 Å². The summed E-state index contributed by atoms with van der Waals surface area (Å²) in [5.41, 5.74) is 3.81.